The third-order valence-electron chi connectivity index (χ3n) is 3.52. The predicted molar refractivity (Wildman–Crippen MR) is 85.3 cm³/mol. The largest absolute Gasteiger partial charge is 0.417 e. The lowest BCUT2D eigenvalue weighted by molar-refractivity contribution is -0.145. The highest BCUT2D eigenvalue weighted by molar-refractivity contribution is 6.31. The summed E-state index contributed by atoms with van der Waals surface area (Å²) in [6.45, 7) is 1.06. The Balaban J connectivity index is 1.96. The molecule has 1 saturated heterocycles. The van der Waals surface area contributed by atoms with Gasteiger partial charge in [0.15, 0.2) is 0 Å². The van der Waals surface area contributed by atoms with Gasteiger partial charge in [0.1, 0.15) is 6.10 Å². The number of benzene rings is 1. The van der Waals surface area contributed by atoms with Crippen LogP contribution < -0.4 is 10.6 Å². The standard InChI is InChI=1S/C15H17ClF3N3O3/c1-22(14(24)12-7-20-4-5-25-12)8-13(23)21-9-2-3-11(16)10(6-9)15(17,18)19/h2-3,6,12,20H,4-5,7-8H2,1H3,(H,21,23). The molecular weight excluding hydrogens is 363 g/mol. The molecule has 1 fully saturated rings. The molecule has 0 bridgehead atoms. The van der Waals surface area contributed by atoms with Crippen LogP contribution >= 0.6 is 11.6 Å². The van der Waals surface area contributed by atoms with Crippen molar-refractivity contribution < 1.29 is 27.5 Å². The molecule has 6 nitrogen and oxygen atoms in total. The summed E-state index contributed by atoms with van der Waals surface area (Å²) in [6, 6.07) is 3.05. The molecule has 2 amide bonds. The topological polar surface area (TPSA) is 70.7 Å². The van der Waals surface area contributed by atoms with Gasteiger partial charge in [0.25, 0.3) is 5.91 Å². The molecule has 1 aliphatic heterocycles. The first-order valence-electron chi connectivity index (χ1n) is 7.42. The fourth-order valence-corrected chi connectivity index (χ4v) is 2.51. The molecule has 0 aromatic heterocycles. The molecule has 25 heavy (non-hydrogen) atoms. The van der Waals surface area contributed by atoms with Crippen molar-refractivity contribution in [2.75, 3.05) is 38.6 Å². The van der Waals surface area contributed by atoms with Crippen LogP contribution in [0.15, 0.2) is 18.2 Å². The highest BCUT2D eigenvalue weighted by Gasteiger charge is 2.33. The second kappa shape index (κ2) is 8.03. The summed E-state index contributed by atoms with van der Waals surface area (Å²) >= 11 is 5.52. The third-order valence-corrected chi connectivity index (χ3v) is 3.85. The Morgan fingerprint density at radius 2 is 2.16 bits per heavy atom. The van der Waals surface area contributed by atoms with Gasteiger partial charge in [-0.05, 0) is 18.2 Å². The van der Waals surface area contributed by atoms with Crippen LogP contribution in [0.3, 0.4) is 0 Å². The van der Waals surface area contributed by atoms with Crippen molar-refractivity contribution in [3.63, 3.8) is 0 Å². The van der Waals surface area contributed by atoms with Crippen molar-refractivity contribution >= 4 is 29.1 Å². The number of hydrogen-bond acceptors (Lipinski definition) is 4. The number of carbonyl (C=O) groups is 2. The molecule has 1 atom stereocenters. The summed E-state index contributed by atoms with van der Waals surface area (Å²) < 4.78 is 43.8. The number of morpholine rings is 1. The van der Waals surface area contributed by atoms with Crippen molar-refractivity contribution in [3.8, 4) is 0 Å². The average Bonchev–Trinajstić information content (AvgIpc) is 2.55. The summed E-state index contributed by atoms with van der Waals surface area (Å²) in [5, 5.41) is 4.86. The molecule has 1 heterocycles. The average molecular weight is 380 g/mol. The van der Waals surface area contributed by atoms with Crippen molar-refractivity contribution in [2.45, 2.75) is 12.3 Å². The zero-order valence-corrected chi connectivity index (χ0v) is 14.1. The van der Waals surface area contributed by atoms with E-state index in [4.69, 9.17) is 16.3 Å². The Morgan fingerprint density at radius 3 is 2.76 bits per heavy atom. The van der Waals surface area contributed by atoms with E-state index in [9.17, 15) is 22.8 Å². The molecule has 138 valence electrons. The number of likely N-dealkylation sites (N-methyl/N-ethyl adjacent to an activating group) is 1. The van der Waals surface area contributed by atoms with E-state index in [2.05, 4.69) is 10.6 Å². The first-order valence-corrected chi connectivity index (χ1v) is 7.80. The molecule has 1 aromatic carbocycles. The summed E-state index contributed by atoms with van der Waals surface area (Å²) in [4.78, 5) is 25.3. The van der Waals surface area contributed by atoms with E-state index < -0.39 is 28.8 Å². The summed E-state index contributed by atoms with van der Waals surface area (Å²) in [5.41, 5.74) is -1.10. The first-order chi connectivity index (χ1) is 11.7. The Kier molecular flexibility index (Phi) is 6.26. The van der Waals surface area contributed by atoms with Crippen LogP contribution in [0.25, 0.3) is 0 Å². The lowest BCUT2D eigenvalue weighted by Crippen LogP contribution is -2.49. The van der Waals surface area contributed by atoms with Crippen molar-refractivity contribution in [3.05, 3.63) is 28.8 Å². The van der Waals surface area contributed by atoms with Crippen LogP contribution in [0.1, 0.15) is 5.56 Å². The molecule has 2 rings (SSSR count). The Bertz CT molecular complexity index is 649. The molecule has 1 unspecified atom stereocenters. The van der Waals surface area contributed by atoms with Crippen molar-refractivity contribution in [2.24, 2.45) is 0 Å². The zero-order chi connectivity index (χ0) is 18.6. The van der Waals surface area contributed by atoms with E-state index in [1.54, 1.807) is 0 Å². The molecule has 10 heteroatoms. The number of rotatable bonds is 4. The van der Waals surface area contributed by atoms with Crippen molar-refractivity contribution in [1.29, 1.82) is 0 Å². The minimum Gasteiger partial charge on any atom is -0.366 e. The zero-order valence-electron chi connectivity index (χ0n) is 13.3. The van der Waals surface area contributed by atoms with Gasteiger partial charge in [0.05, 0.1) is 23.7 Å². The molecule has 2 N–H and O–H groups in total. The minimum absolute atomic E-state index is 0.0573. The van der Waals surface area contributed by atoms with Crippen LogP contribution in [-0.2, 0) is 20.5 Å². The number of alkyl halides is 3. The van der Waals surface area contributed by atoms with Crippen LogP contribution in [0, 0.1) is 0 Å². The quantitative estimate of drug-likeness (QED) is 0.836. The summed E-state index contributed by atoms with van der Waals surface area (Å²) in [5.74, 6) is -1.01. The first kappa shape index (κ1) is 19.5. The Labute approximate surface area is 147 Å². The maximum atomic E-state index is 12.8. The van der Waals surface area contributed by atoms with Crippen molar-refractivity contribution in [1.82, 2.24) is 10.2 Å². The van der Waals surface area contributed by atoms with Crippen LogP contribution in [-0.4, -0.2) is 56.1 Å². The van der Waals surface area contributed by atoms with Gasteiger partial charge >= 0.3 is 6.18 Å². The number of amides is 2. The highest BCUT2D eigenvalue weighted by Crippen LogP contribution is 2.36. The van der Waals surface area contributed by atoms with Gasteiger partial charge < -0.3 is 20.3 Å². The highest BCUT2D eigenvalue weighted by atomic mass is 35.5. The van der Waals surface area contributed by atoms with E-state index in [0.717, 1.165) is 17.0 Å². The lowest BCUT2D eigenvalue weighted by Gasteiger charge is -2.27. The maximum absolute atomic E-state index is 12.8. The minimum atomic E-state index is -4.63. The third kappa shape index (κ3) is 5.32. The van der Waals surface area contributed by atoms with Gasteiger partial charge in [-0.1, -0.05) is 11.6 Å². The van der Waals surface area contributed by atoms with Gasteiger partial charge in [0.2, 0.25) is 5.91 Å². The molecular formula is C15H17ClF3N3O3. The fraction of sp³-hybridized carbons (Fsp3) is 0.467. The number of anilines is 1. The summed E-state index contributed by atoms with van der Waals surface area (Å²) in [6.07, 6.45) is -5.31. The molecule has 1 aromatic rings. The fourth-order valence-electron chi connectivity index (χ4n) is 2.28. The van der Waals surface area contributed by atoms with Crippen LogP contribution in [0.5, 0.6) is 0 Å². The molecule has 0 aliphatic carbocycles. The lowest BCUT2D eigenvalue weighted by atomic mass is 10.2. The van der Waals surface area contributed by atoms with Gasteiger partial charge in [-0.3, -0.25) is 9.59 Å². The van der Waals surface area contributed by atoms with E-state index >= 15 is 0 Å². The van der Waals surface area contributed by atoms with E-state index in [0.29, 0.717) is 19.7 Å². The van der Waals surface area contributed by atoms with Gasteiger partial charge in [0, 0.05) is 25.8 Å². The van der Waals surface area contributed by atoms with Gasteiger partial charge in [-0.25, -0.2) is 0 Å². The van der Waals surface area contributed by atoms with E-state index in [1.807, 2.05) is 0 Å². The number of ether oxygens (including phenoxy) is 1. The van der Waals surface area contributed by atoms with E-state index in [1.165, 1.54) is 13.1 Å². The number of nitrogens with zero attached hydrogens (tertiary/aromatic N) is 1. The summed E-state index contributed by atoms with van der Waals surface area (Å²) in [7, 11) is 1.42. The molecule has 0 spiro atoms. The molecule has 1 aliphatic rings. The second-order valence-electron chi connectivity index (χ2n) is 5.50. The second-order valence-corrected chi connectivity index (χ2v) is 5.91. The molecule has 0 radical (unpaired) electrons. The Morgan fingerprint density at radius 1 is 1.44 bits per heavy atom. The van der Waals surface area contributed by atoms with Gasteiger partial charge in [-0.2, -0.15) is 13.2 Å². The van der Waals surface area contributed by atoms with Gasteiger partial charge in [-0.15, -0.1) is 0 Å². The SMILES string of the molecule is CN(CC(=O)Nc1ccc(Cl)c(C(F)(F)F)c1)C(=O)C1CNCCO1. The number of halogens is 4. The van der Waals surface area contributed by atoms with Crippen LogP contribution in [0.2, 0.25) is 5.02 Å². The smallest absolute Gasteiger partial charge is 0.366 e. The number of nitrogens with one attached hydrogen (secondary N) is 2. The number of carbonyl (C=O) groups excluding carboxylic acids is 2. The molecule has 0 saturated carbocycles. The van der Waals surface area contributed by atoms with E-state index in [-0.39, 0.29) is 18.1 Å². The Hall–Kier alpha value is -1.84. The predicted octanol–water partition coefficient (Wildman–Crippen LogP) is 1.74. The maximum Gasteiger partial charge on any atom is 0.417 e. The number of hydrogen-bond donors (Lipinski definition) is 2. The monoisotopic (exact) mass is 379 g/mol. The van der Waals surface area contributed by atoms with Crippen LogP contribution in [0.4, 0.5) is 18.9 Å². The normalized spacial score (nSPS) is 17.9.